The van der Waals surface area contributed by atoms with Crippen molar-refractivity contribution in [3.8, 4) is 0 Å². The molecule has 1 amide bonds. The molecule has 1 saturated heterocycles. The monoisotopic (exact) mass is 304 g/mol. The number of benzene rings is 1. The van der Waals surface area contributed by atoms with Gasteiger partial charge in [0.1, 0.15) is 11.6 Å². The number of piperidine rings is 1. The van der Waals surface area contributed by atoms with E-state index in [4.69, 9.17) is 5.73 Å². The molecule has 1 aliphatic rings. The van der Waals surface area contributed by atoms with Gasteiger partial charge >= 0.3 is 0 Å². The number of nitrogens with zero attached hydrogens (tertiary/aromatic N) is 1. The molecule has 0 aliphatic carbocycles. The quantitative estimate of drug-likeness (QED) is 0.866. The standard InChI is InChI=1S/C14H18F2N2O.ClH/c1-8-5-10(12(16)6-11(8)15)14(19)18-4-3-13(17)9(2)7-18;/h5-6,9,13H,3-4,7,17H2,1-2H3;1H. The fraction of sp³-hybridized carbons (Fsp3) is 0.500. The number of nitrogens with two attached hydrogens (primary N) is 1. The van der Waals surface area contributed by atoms with Crippen molar-refractivity contribution in [2.45, 2.75) is 26.3 Å². The molecule has 0 aromatic heterocycles. The molecule has 2 N–H and O–H groups in total. The highest BCUT2D eigenvalue weighted by atomic mass is 35.5. The van der Waals surface area contributed by atoms with Crippen molar-refractivity contribution >= 4 is 18.3 Å². The van der Waals surface area contributed by atoms with Gasteiger partial charge in [-0.1, -0.05) is 6.92 Å². The minimum Gasteiger partial charge on any atom is -0.338 e. The molecule has 1 aromatic rings. The Morgan fingerprint density at radius 1 is 1.35 bits per heavy atom. The lowest BCUT2D eigenvalue weighted by molar-refractivity contribution is 0.0659. The summed E-state index contributed by atoms with van der Waals surface area (Å²) in [6, 6.07) is 2.11. The maximum Gasteiger partial charge on any atom is 0.256 e. The van der Waals surface area contributed by atoms with Crippen LogP contribution < -0.4 is 5.73 Å². The van der Waals surface area contributed by atoms with Crippen molar-refractivity contribution in [3.63, 3.8) is 0 Å². The predicted molar refractivity (Wildman–Crippen MR) is 76.0 cm³/mol. The van der Waals surface area contributed by atoms with Gasteiger partial charge < -0.3 is 10.6 Å². The molecule has 1 fully saturated rings. The van der Waals surface area contributed by atoms with Crippen LogP contribution in [0.2, 0.25) is 0 Å². The zero-order valence-corrected chi connectivity index (χ0v) is 12.3. The molecule has 2 atom stereocenters. The zero-order valence-electron chi connectivity index (χ0n) is 11.5. The highest BCUT2D eigenvalue weighted by Gasteiger charge is 2.28. The zero-order chi connectivity index (χ0) is 14.2. The summed E-state index contributed by atoms with van der Waals surface area (Å²) in [7, 11) is 0. The van der Waals surface area contributed by atoms with E-state index in [0.29, 0.717) is 19.5 Å². The Balaban J connectivity index is 0.00000200. The molecule has 20 heavy (non-hydrogen) atoms. The van der Waals surface area contributed by atoms with Crippen molar-refractivity contribution in [2.75, 3.05) is 13.1 Å². The van der Waals surface area contributed by atoms with Crippen LogP contribution >= 0.6 is 12.4 Å². The number of hydrogen-bond donors (Lipinski definition) is 1. The number of hydrogen-bond acceptors (Lipinski definition) is 2. The van der Waals surface area contributed by atoms with Gasteiger partial charge in [-0.2, -0.15) is 0 Å². The average Bonchev–Trinajstić information content (AvgIpc) is 2.36. The van der Waals surface area contributed by atoms with Gasteiger partial charge in [0.05, 0.1) is 5.56 Å². The van der Waals surface area contributed by atoms with E-state index in [-0.39, 0.29) is 41.4 Å². The smallest absolute Gasteiger partial charge is 0.256 e. The average molecular weight is 305 g/mol. The summed E-state index contributed by atoms with van der Waals surface area (Å²) in [5.74, 6) is -1.65. The molecule has 2 rings (SSSR count). The summed E-state index contributed by atoms with van der Waals surface area (Å²) >= 11 is 0. The molecule has 0 radical (unpaired) electrons. The fourth-order valence-corrected chi connectivity index (χ4v) is 2.34. The van der Waals surface area contributed by atoms with E-state index in [1.807, 2.05) is 6.92 Å². The Hall–Kier alpha value is -1.20. The summed E-state index contributed by atoms with van der Waals surface area (Å²) < 4.78 is 26.9. The molecule has 1 aromatic carbocycles. The molecule has 2 unspecified atom stereocenters. The third kappa shape index (κ3) is 3.27. The number of amides is 1. The first-order valence-electron chi connectivity index (χ1n) is 6.40. The molecule has 0 bridgehead atoms. The predicted octanol–water partition coefficient (Wildman–Crippen LogP) is 2.50. The minimum absolute atomic E-state index is 0. The lowest BCUT2D eigenvalue weighted by Crippen LogP contribution is -2.48. The highest BCUT2D eigenvalue weighted by molar-refractivity contribution is 5.94. The van der Waals surface area contributed by atoms with E-state index in [1.165, 1.54) is 13.0 Å². The largest absolute Gasteiger partial charge is 0.338 e. The normalized spacial score (nSPS) is 22.4. The van der Waals surface area contributed by atoms with Crippen molar-refractivity contribution < 1.29 is 13.6 Å². The Bertz CT molecular complexity index is 510. The molecule has 0 spiro atoms. The third-order valence-electron chi connectivity index (χ3n) is 3.74. The maximum atomic E-state index is 13.7. The second kappa shape index (κ2) is 6.50. The van der Waals surface area contributed by atoms with Crippen LogP contribution in [0.25, 0.3) is 0 Å². The number of likely N-dealkylation sites (tertiary alicyclic amines) is 1. The number of carbonyl (C=O) groups excluding carboxylic acids is 1. The fourth-order valence-electron chi connectivity index (χ4n) is 2.34. The molecule has 1 heterocycles. The SMILES string of the molecule is Cc1cc(C(=O)N2CCC(N)C(C)C2)c(F)cc1F.Cl. The van der Waals surface area contributed by atoms with Gasteiger partial charge in [-0.3, -0.25) is 4.79 Å². The third-order valence-corrected chi connectivity index (χ3v) is 3.74. The van der Waals surface area contributed by atoms with E-state index in [0.717, 1.165) is 6.07 Å². The summed E-state index contributed by atoms with van der Waals surface area (Å²) in [5.41, 5.74) is 6.09. The summed E-state index contributed by atoms with van der Waals surface area (Å²) in [4.78, 5) is 13.8. The van der Waals surface area contributed by atoms with E-state index < -0.39 is 11.6 Å². The first kappa shape index (κ1) is 16.9. The van der Waals surface area contributed by atoms with E-state index in [9.17, 15) is 13.6 Å². The number of aryl methyl sites for hydroxylation is 1. The lowest BCUT2D eigenvalue weighted by atomic mass is 9.94. The maximum absolute atomic E-state index is 13.7. The topological polar surface area (TPSA) is 46.3 Å². The second-order valence-electron chi connectivity index (χ2n) is 5.26. The number of carbonyl (C=O) groups is 1. The van der Waals surface area contributed by atoms with Crippen LogP contribution in [0.5, 0.6) is 0 Å². The van der Waals surface area contributed by atoms with Crippen LogP contribution in [-0.4, -0.2) is 29.9 Å². The molecule has 112 valence electrons. The highest BCUT2D eigenvalue weighted by Crippen LogP contribution is 2.20. The van der Waals surface area contributed by atoms with Crippen molar-refractivity contribution in [2.24, 2.45) is 11.7 Å². The Morgan fingerprint density at radius 2 is 2.00 bits per heavy atom. The first-order chi connectivity index (χ1) is 8.90. The van der Waals surface area contributed by atoms with Gasteiger partial charge in [0, 0.05) is 25.2 Å². The van der Waals surface area contributed by atoms with Crippen molar-refractivity contribution in [3.05, 3.63) is 34.9 Å². The molecule has 6 heteroatoms. The number of rotatable bonds is 1. The first-order valence-corrected chi connectivity index (χ1v) is 6.40. The Labute approximate surface area is 123 Å². The molecule has 3 nitrogen and oxygen atoms in total. The van der Waals surface area contributed by atoms with Gasteiger partial charge in [-0.25, -0.2) is 8.78 Å². The Kier molecular flexibility index (Phi) is 5.48. The molecule has 0 saturated carbocycles. The van der Waals surface area contributed by atoms with Crippen LogP contribution in [0.15, 0.2) is 12.1 Å². The number of halogens is 3. The van der Waals surface area contributed by atoms with Gasteiger partial charge in [0.2, 0.25) is 0 Å². The van der Waals surface area contributed by atoms with Gasteiger partial charge in [-0.15, -0.1) is 12.4 Å². The second-order valence-corrected chi connectivity index (χ2v) is 5.26. The van der Waals surface area contributed by atoms with Crippen molar-refractivity contribution in [1.29, 1.82) is 0 Å². The summed E-state index contributed by atoms with van der Waals surface area (Å²) in [6.45, 7) is 4.51. The van der Waals surface area contributed by atoms with Crippen LogP contribution in [0.4, 0.5) is 8.78 Å². The van der Waals surface area contributed by atoms with Crippen LogP contribution in [0, 0.1) is 24.5 Å². The summed E-state index contributed by atoms with van der Waals surface area (Å²) in [6.07, 6.45) is 0.703. The van der Waals surface area contributed by atoms with E-state index in [2.05, 4.69) is 0 Å². The van der Waals surface area contributed by atoms with Gasteiger partial charge in [0.15, 0.2) is 0 Å². The van der Waals surface area contributed by atoms with Gasteiger partial charge in [0.25, 0.3) is 5.91 Å². The van der Waals surface area contributed by atoms with Crippen LogP contribution in [0.3, 0.4) is 0 Å². The van der Waals surface area contributed by atoms with Gasteiger partial charge in [-0.05, 0) is 30.9 Å². The molecule has 1 aliphatic heterocycles. The molecular formula is C14H19ClF2N2O. The summed E-state index contributed by atoms with van der Waals surface area (Å²) in [5, 5.41) is 0. The van der Waals surface area contributed by atoms with Crippen LogP contribution in [-0.2, 0) is 0 Å². The van der Waals surface area contributed by atoms with Crippen molar-refractivity contribution in [1.82, 2.24) is 4.90 Å². The minimum atomic E-state index is -0.810. The van der Waals surface area contributed by atoms with E-state index in [1.54, 1.807) is 4.90 Å². The van der Waals surface area contributed by atoms with Crippen LogP contribution in [0.1, 0.15) is 29.3 Å². The molecular weight excluding hydrogens is 286 g/mol. The Morgan fingerprint density at radius 3 is 2.60 bits per heavy atom. The van der Waals surface area contributed by atoms with E-state index >= 15 is 0 Å². The lowest BCUT2D eigenvalue weighted by Gasteiger charge is -2.35.